The first kappa shape index (κ1) is 21.2. The number of nitrogens with one attached hydrogen (secondary N) is 2. The van der Waals surface area contributed by atoms with Gasteiger partial charge in [-0.3, -0.25) is 4.99 Å². The number of ether oxygens (including phenoxy) is 4. The van der Waals surface area contributed by atoms with E-state index in [2.05, 4.69) is 15.6 Å². The van der Waals surface area contributed by atoms with E-state index in [9.17, 15) is 0 Å². The molecule has 2 N–H and O–H groups in total. The molecule has 0 spiro atoms. The molecule has 28 heavy (non-hydrogen) atoms. The monoisotopic (exact) mass is 387 g/mol. The number of guanidine groups is 1. The van der Waals surface area contributed by atoms with E-state index in [0.717, 1.165) is 17.2 Å². The molecule has 0 amide bonds. The van der Waals surface area contributed by atoms with Gasteiger partial charge in [-0.05, 0) is 38.1 Å². The van der Waals surface area contributed by atoms with Gasteiger partial charge in [0.1, 0.15) is 17.6 Å². The van der Waals surface area contributed by atoms with E-state index in [1.54, 1.807) is 21.3 Å². The third-order valence-corrected chi connectivity index (χ3v) is 3.89. The molecule has 1 unspecified atom stereocenters. The predicted octanol–water partition coefficient (Wildman–Crippen LogP) is 3.56. The van der Waals surface area contributed by atoms with Crippen LogP contribution in [0.15, 0.2) is 47.5 Å². The van der Waals surface area contributed by atoms with Crippen molar-refractivity contribution in [2.75, 3.05) is 39.7 Å². The lowest BCUT2D eigenvalue weighted by atomic mass is 10.2. The molecule has 0 radical (unpaired) electrons. The second kappa shape index (κ2) is 10.9. The molecule has 0 saturated heterocycles. The van der Waals surface area contributed by atoms with Crippen LogP contribution < -0.4 is 29.6 Å². The first-order valence-corrected chi connectivity index (χ1v) is 9.18. The van der Waals surface area contributed by atoms with Gasteiger partial charge in [0.15, 0.2) is 17.5 Å². The molecule has 0 aromatic heterocycles. The van der Waals surface area contributed by atoms with E-state index in [0.29, 0.717) is 30.6 Å². The zero-order chi connectivity index (χ0) is 20.4. The summed E-state index contributed by atoms with van der Waals surface area (Å²) < 4.78 is 22.1. The van der Waals surface area contributed by atoms with Crippen LogP contribution in [0.5, 0.6) is 23.0 Å². The van der Waals surface area contributed by atoms with E-state index in [-0.39, 0.29) is 6.10 Å². The average Bonchev–Trinajstić information content (AvgIpc) is 2.71. The summed E-state index contributed by atoms with van der Waals surface area (Å²) in [5.41, 5.74) is 0.846. The molecule has 0 aliphatic carbocycles. The van der Waals surface area contributed by atoms with Crippen LogP contribution in [-0.4, -0.2) is 46.5 Å². The van der Waals surface area contributed by atoms with Gasteiger partial charge in [0, 0.05) is 24.9 Å². The van der Waals surface area contributed by atoms with Gasteiger partial charge in [0.25, 0.3) is 0 Å². The molecule has 2 aromatic carbocycles. The number of hydrogen-bond acceptors (Lipinski definition) is 5. The molecule has 7 heteroatoms. The summed E-state index contributed by atoms with van der Waals surface area (Å²) in [5.74, 6) is 3.53. The van der Waals surface area contributed by atoms with Crippen molar-refractivity contribution in [1.82, 2.24) is 5.32 Å². The molecular weight excluding hydrogens is 358 g/mol. The van der Waals surface area contributed by atoms with E-state index >= 15 is 0 Å². The van der Waals surface area contributed by atoms with Gasteiger partial charge in [0.05, 0.1) is 27.4 Å². The summed E-state index contributed by atoms with van der Waals surface area (Å²) in [5, 5.41) is 6.50. The van der Waals surface area contributed by atoms with Crippen LogP contribution in [0.25, 0.3) is 0 Å². The van der Waals surface area contributed by atoms with Crippen molar-refractivity contribution in [3.8, 4) is 23.0 Å². The van der Waals surface area contributed by atoms with Crippen molar-refractivity contribution in [1.29, 1.82) is 0 Å². The highest BCUT2D eigenvalue weighted by Crippen LogP contribution is 2.30. The molecule has 0 bridgehead atoms. The molecule has 7 nitrogen and oxygen atoms in total. The average molecular weight is 387 g/mol. The highest BCUT2D eigenvalue weighted by Gasteiger charge is 2.09. The summed E-state index contributed by atoms with van der Waals surface area (Å²) >= 11 is 0. The first-order valence-electron chi connectivity index (χ1n) is 9.18. The Bertz CT molecular complexity index is 780. The molecule has 0 aliphatic heterocycles. The van der Waals surface area contributed by atoms with E-state index in [4.69, 9.17) is 18.9 Å². The minimum atomic E-state index is -0.0690. The number of anilines is 1. The molecule has 0 fully saturated rings. The summed E-state index contributed by atoms with van der Waals surface area (Å²) in [6, 6.07) is 13.2. The Balaban J connectivity index is 1.92. The second-order valence-electron chi connectivity index (χ2n) is 5.98. The lowest BCUT2D eigenvalue weighted by Crippen LogP contribution is -2.37. The number of rotatable bonds is 9. The molecule has 152 valence electrons. The third kappa shape index (κ3) is 6.26. The van der Waals surface area contributed by atoms with Crippen LogP contribution >= 0.6 is 0 Å². The summed E-state index contributed by atoms with van der Waals surface area (Å²) in [4.78, 5) is 4.25. The van der Waals surface area contributed by atoms with Crippen molar-refractivity contribution in [2.24, 2.45) is 4.99 Å². The molecule has 1 atom stereocenters. The minimum absolute atomic E-state index is 0.0690. The van der Waals surface area contributed by atoms with Crippen molar-refractivity contribution in [3.63, 3.8) is 0 Å². The van der Waals surface area contributed by atoms with E-state index in [1.165, 1.54) is 0 Å². The van der Waals surface area contributed by atoms with Gasteiger partial charge in [-0.2, -0.15) is 0 Å². The molecule has 0 aliphatic rings. The van der Waals surface area contributed by atoms with Crippen LogP contribution in [0.3, 0.4) is 0 Å². The normalized spacial score (nSPS) is 12.1. The number of hydrogen-bond donors (Lipinski definition) is 2. The second-order valence-corrected chi connectivity index (χ2v) is 5.98. The van der Waals surface area contributed by atoms with Crippen LogP contribution in [-0.2, 0) is 0 Å². The van der Waals surface area contributed by atoms with Gasteiger partial charge in [0.2, 0.25) is 0 Å². The van der Waals surface area contributed by atoms with Gasteiger partial charge < -0.3 is 29.6 Å². The summed E-state index contributed by atoms with van der Waals surface area (Å²) in [6.07, 6.45) is -0.0690. The lowest BCUT2D eigenvalue weighted by molar-refractivity contribution is 0.223. The molecule has 0 heterocycles. The zero-order valence-electron chi connectivity index (χ0n) is 17.1. The van der Waals surface area contributed by atoms with Crippen molar-refractivity contribution < 1.29 is 18.9 Å². The Kier molecular flexibility index (Phi) is 8.27. The lowest BCUT2D eigenvalue weighted by Gasteiger charge is -2.18. The number of aliphatic imine (C=N–C) groups is 1. The van der Waals surface area contributed by atoms with E-state index in [1.807, 2.05) is 56.3 Å². The maximum Gasteiger partial charge on any atom is 0.195 e. The predicted molar refractivity (Wildman–Crippen MR) is 112 cm³/mol. The molecular formula is C21H29N3O4. The van der Waals surface area contributed by atoms with Crippen LogP contribution in [0.1, 0.15) is 13.8 Å². The highest BCUT2D eigenvalue weighted by molar-refractivity contribution is 5.93. The maximum atomic E-state index is 5.92. The Morgan fingerprint density at radius 3 is 2.50 bits per heavy atom. The van der Waals surface area contributed by atoms with E-state index < -0.39 is 0 Å². The topological polar surface area (TPSA) is 73.3 Å². The summed E-state index contributed by atoms with van der Waals surface area (Å²) in [6.45, 7) is 5.06. The summed E-state index contributed by atoms with van der Waals surface area (Å²) in [7, 11) is 4.97. The Labute approximate surface area is 166 Å². The van der Waals surface area contributed by atoms with Gasteiger partial charge >= 0.3 is 0 Å². The standard InChI is InChI=1S/C21H29N3O4/c1-6-27-20-12-16(10-11-19(20)26-5)24-21(22-3)23-14-15(2)28-18-9-7-8-17(13-18)25-4/h7-13,15H,6,14H2,1-5H3,(H2,22,23,24). The Morgan fingerprint density at radius 1 is 1.04 bits per heavy atom. The number of methoxy groups -OCH3 is 2. The fourth-order valence-electron chi connectivity index (χ4n) is 2.53. The zero-order valence-corrected chi connectivity index (χ0v) is 17.1. The van der Waals surface area contributed by atoms with Crippen molar-refractivity contribution in [3.05, 3.63) is 42.5 Å². The fourth-order valence-corrected chi connectivity index (χ4v) is 2.53. The number of nitrogens with zero attached hydrogens (tertiary/aromatic N) is 1. The Hall–Kier alpha value is -3.09. The quantitative estimate of drug-likeness (QED) is 0.506. The highest BCUT2D eigenvalue weighted by atomic mass is 16.5. The van der Waals surface area contributed by atoms with Gasteiger partial charge in [-0.15, -0.1) is 0 Å². The molecule has 0 saturated carbocycles. The molecule has 2 rings (SSSR count). The van der Waals surface area contributed by atoms with Crippen LogP contribution in [0, 0.1) is 0 Å². The Morgan fingerprint density at radius 2 is 1.82 bits per heavy atom. The minimum Gasteiger partial charge on any atom is -0.497 e. The fraction of sp³-hybridized carbons (Fsp3) is 0.381. The van der Waals surface area contributed by atoms with Gasteiger partial charge in [-0.1, -0.05) is 6.07 Å². The largest absolute Gasteiger partial charge is 0.497 e. The number of benzene rings is 2. The smallest absolute Gasteiger partial charge is 0.195 e. The SMILES string of the molecule is CCOc1cc(NC(=NC)NCC(C)Oc2cccc(OC)c2)ccc1OC. The third-order valence-electron chi connectivity index (χ3n) is 3.89. The first-order chi connectivity index (χ1) is 13.6. The molecule has 2 aromatic rings. The van der Waals surface area contributed by atoms with Crippen LogP contribution in [0.4, 0.5) is 5.69 Å². The van der Waals surface area contributed by atoms with Crippen molar-refractivity contribution >= 4 is 11.6 Å². The van der Waals surface area contributed by atoms with Crippen LogP contribution in [0.2, 0.25) is 0 Å². The van der Waals surface area contributed by atoms with Crippen molar-refractivity contribution in [2.45, 2.75) is 20.0 Å². The maximum absolute atomic E-state index is 5.92. The van der Waals surface area contributed by atoms with Gasteiger partial charge in [-0.25, -0.2) is 0 Å².